The zero-order chi connectivity index (χ0) is 13.2. The van der Waals surface area contributed by atoms with E-state index < -0.39 is 5.60 Å². The first kappa shape index (κ1) is 13.7. The molecule has 2 fully saturated rings. The number of ether oxygens (including phenoxy) is 1. The van der Waals surface area contributed by atoms with Crippen molar-refractivity contribution < 1.29 is 9.53 Å². The molecule has 2 rings (SSSR count). The van der Waals surface area contributed by atoms with Crippen LogP contribution in [0, 0.1) is 0 Å². The molecule has 0 unspecified atom stereocenters. The van der Waals surface area contributed by atoms with Crippen molar-refractivity contribution in [3.63, 3.8) is 0 Å². The van der Waals surface area contributed by atoms with Crippen LogP contribution in [0.15, 0.2) is 0 Å². The maximum atomic E-state index is 12.1. The Morgan fingerprint density at radius 3 is 2.33 bits per heavy atom. The minimum Gasteiger partial charge on any atom is -0.443 e. The molecular formula is C14H26N2O2. The average molecular weight is 254 g/mol. The van der Waals surface area contributed by atoms with E-state index in [0.717, 1.165) is 13.0 Å². The molecule has 0 aromatic carbocycles. The third kappa shape index (κ3) is 3.37. The molecule has 0 radical (unpaired) electrons. The molecule has 0 aromatic rings. The minimum atomic E-state index is -0.421. The summed E-state index contributed by atoms with van der Waals surface area (Å²) in [6, 6.07) is 0. The third-order valence-corrected chi connectivity index (χ3v) is 3.83. The number of amides is 1. The fourth-order valence-corrected chi connectivity index (χ4v) is 3.02. The standard InChI is InChI=1S/C14H26N2O2/c1-13(2,3)18-12(17)16-11-7-10-14(15-16)8-5-4-6-9-14/h15H,4-11H2,1-3H3. The summed E-state index contributed by atoms with van der Waals surface area (Å²) < 4.78 is 5.44. The summed E-state index contributed by atoms with van der Waals surface area (Å²) in [7, 11) is 0. The summed E-state index contributed by atoms with van der Waals surface area (Å²) in [4.78, 5) is 12.1. The van der Waals surface area contributed by atoms with E-state index in [0.29, 0.717) is 0 Å². The average Bonchev–Trinajstić information content (AvgIpc) is 2.28. The van der Waals surface area contributed by atoms with Crippen LogP contribution in [0.3, 0.4) is 0 Å². The van der Waals surface area contributed by atoms with Crippen LogP contribution in [0.4, 0.5) is 4.79 Å². The van der Waals surface area contributed by atoms with E-state index in [1.807, 2.05) is 20.8 Å². The van der Waals surface area contributed by atoms with E-state index in [2.05, 4.69) is 5.43 Å². The molecule has 1 amide bonds. The molecule has 1 saturated carbocycles. The Hall–Kier alpha value is -0.770. The maximum absolute atomic E-state index is 12.1. The number of nitrogens with zero attached hydrogens (tertiary/aromatic N) is 1. The van der Waals surface area contributed by atoms with E-state index in [-0.39, 0.29) is 11.6 Å². The molecule has 0 atom stereocenters. The van der Waals surface area contributed by atoms with Crippen molar-refractivity contribution >= 4 is 6.09 Å². The monoisotopic (exact) mass is 254 g/mol. The molecule has 0 aromatic heterocycles. The summed E-state index contributed by atoms with van der Waals surface area (Å²) in [6.45, 7) is 6.48. The Bertz CT molecular complexity index is 298. The highest BCUT2D eigenvalue weighted by Crippen LogP contribution is 2.34. The van der Waals surface area contributed by atoms with Gasteiger partial charge in [-0.1, -0.05) is 19.3 Å². The van der Waals surface area contributed by atoms with Crippen molar-refractivity contribution in [2.45, 2.75) is 76.9 Å². The normalized spacial score (nSPS) is 24.1. The maximum Gasteiger partial charge on any atom is 0.424 e. The molecule has 1 aliphatic heterocycles. The van der Waals surface area contributed by atoms with Crippen LogP contribution in [-0.4, -0.2) is 28.8 Å². The Labute approximate surface area is 110 Å². The molecule has 1 spiro atoms. The summed E-state index contributed by atoms with van der Waals surface area (Å²) >= 11 is 0. The molecule has 1 N–H and O–H groups in total. The SMILES string of the molecule is CC(C)(C)OC(=O)N1CCCC2(CCCCC2)N1. The highest BCUT2D eigenvalue weighted by atomic mass is 16.6. The van der Waals surface area contributed by atoms with Crippen LogP contribution in [0.5, 0.6) is 0 Å². The van der Waals surface area contributed by atoms with Crippen molar-refractivity contribution in [1.82, 2.24) is 10.4 Å². The van der Waals surface area contributed by atoms with E-state index in [4.69, 9.17) is 4.74 Å². The number of hydrogen-bond acceptors (Lipinski definition) is 3. The molecular weight excluding hydrogens is 228 g/mol. The van der Waals surface area contributed by atoms with Gasteiger partial charge < -0.3 is 4.74 Å². The lowest BCUT2D eigenvalue weighted by atomic mass is 9.78. The van der Waals surface area contributed by atoms with Gasteiger partial charge in [0.15, 0.2) is 0 Å². The summed E-state index contributed by atoms with van der Waals surface area (Å²) in [5, 5.41) is 1.69. The molecule has 2 aliphatic rings. The molecule has 0 bridgehead atoms. The topological polar surface area (TPSA) is 41.6 Å². The number of hydrogen-bond donors (Lipinski definition) is 1. The van der Waals surface area contributed by atoms with Crippen molar-refractivity contribution in [3.05, 3.63) is 0 Å². The van der Waals surface area contributed by atoms with Gasteiger partial charge in [-0.25, -0.2) is 15.2 Å². The third-order valence-electron chi connectivity index (χ3n) is 3.83. The van der Waals surface area contributed by atoms with Gasteiger partial charge in [-0.15, -0.1) is 0 Å². The van der Waals surface area contributed by atoms with Crippen LogP contribution >= 0.6 is 0 Å². The molecule has 1 aliphatic carbocycles. The smallest absolute Gasteiger partial charge is 0.424 e. The molecule has 18 heavy (non-hydrogen) atoms. The number of nitrogens with one attached hydrogen (secondary N) is 1. The van der Waals surface area contributed by atoms with Crippen LogP contribution in [0.2, 0.25) is 0 Å². The first-order valence-electron chi connectivity index (χ1n) is 7.19. The van der Waals surface area contributed by atoms with Crippen molar-refractivity contribution in [3.8, 4) is 0 Å². The van der Waals surface area contributed by atoms with Gasteiger partial charge in [-0.05, 0) is 46.5 Å². The van der Waals surface area contributed by atoms with E-state index >= 15 is 0 Å². The van der Waals surface area contributed by atoms with E-state index in [9.17, 15) is 4.79 Å². The summed E-state index contributed by atoms with van der Waals surface area (Å²) in [5.74, 6) is 0. The fraction of sp³-hybridized carbons (Fsp3) is 0.929. The lowest BCUT2D eigenvalue weighted by molar-refractivity contribution is -0.0193. The molecule has 1 saturated heterocycles. The van der Waals surface area contributed by atoms with Crippen LogP contribution in [-0.2, 0) is 4.74 Å². The Kier molecular flexibility index (Phi) is 3.85. The number of rotatable bonds is 0. The molecule has 1 heterocycles. The quantitative estimate of drug-likeness (QED) is 0.721. The predicted octanol–water partition coefficient (Wildman–Crippen LogP) is 3.22. The van der Waals surface area contributed by atoms with Gasteiger partial charge in [0.2, 0.25) is 0 Å². The second kappa shape index (κ2) is 5.08. The number of carbonyl (C=O) groups is 1. The Balaban J connectivity index is 1.95. The van der Waals surface area contributed by atoms with Crippen LogP contribution in [0.1, 0.15) is 65.7 Å². The zero-order valence-corrected chi connectivity index (χ0v) is 11.9. The highest BCUT2D eigenvalue weighted by molar-refractivity contribution is 5.67. The molecule has 4 nitrogen and oxygen atoms in total. The minimum absolute atomic E-state index is 0.160. The Morgan fingerprint density at radius 1 is 1.11 bits per heavy atom. The molecule has 104 valence electrons. The number of hydrazine groups is 1. The first-order valence-corrected chi connectivity index (χ1v) is 7.19. The van der Waals surface area contributed by atoms with E-state index in [1.54, 1.807) is 5.01 Å². The van der Waals surface area contributed by atoms with Gasteiger partial charge in [-0.2, -0.15) is 0 Å². The van der Waals surface area contributed by atoms with Gasteiger partial charge in [0.25, 0.3) is 0 Å². The van der Waals surface area contributed by atoms with Crippen LogP contribution in [0.25, 0.3) is 0 Å². The van der Waals surface area contributed by atoms with Crippen molar-refractivity contribution in [1.29, 1.82) is 0 Å². The zero-order valence-electron chi connectivity index (χ0n) is 11.9. The van der Waals surface area contributed by atoms with Crippen molar-refractivity contribution in [2.24, 2.45) is 0 Å². The summed E-state index contributed by atoms with van der Waals surface area (Å²) in [6.07, 6.45) is 8.28. The largest absolute Gasteiger partial charge is 0.443 e. The predicted molar refractivity (Wildman–Crippen MR) is 71.1 cm³/mol. The van der Waals surface area contributed by atoms with Gasteiger partial charge in [0.05, 0.1) is 0 Å². The van der Waals surface area contributed by atoms with E-state index in [1.165, 1.54) is 38.5 Å². The van der Waals surface area contributed by atoms with Crippen molar-refractivity contribution in [2.75, 3.05) is 6.54 Å². The highest BCUT2D eigenvalue weighted by Gasteiger charge is 2.38. The van der Waals surface area contributed by atoms with Crippen LogP contribution < -0.4 is 5.43 Å². The molecule has 4 heteroatoms. The van der Waals surface area contributed by atoms with Gasteiger partial charge in [0, 0.05) is 12.1 Å². The van der Waals surface area contributed by atoms with Gasteiger partial charge >= 0.3 is 6.09 Å². The Morgan fingerprint density at radius 2 is 1.72 bits per heavy atom. The first-order chi connectivity index (χ1) is 8.40. The second-order valence-electron chi connectivity index (χ2n) is 6.69. The fourth-order valence-electron chi connectivity index (χ4n) is 3.02. The lowest BCUT2D eigenvalue weighted by Crippen LogP contribution is -2.61. The lowest BCUT2D eigenvalue weighted by Gasteiger charge is -2.46. The second-order valence-corrected chi connectivity index (χ2v) is 6.69. The summed E-state index contributed by atoms with van der Waals surface area (Å²) in [5.41, 5.74) is 3.19. The van der Waals surface area contributed by atoms with Gasteiger partial charge in [-0.3, -0.25) is 0 Å². The number of carbonyl (C=O) groups excluding carboxylic acids is 1. The van der Waals surface area contributed by atoms with Gasteiger partial charge in [0.1, 0.15) is 5.60 Å².